The van der Waals surface area contributed by atoms with Gasteiger partial charge in [-0.2, -0.15) is 0 Å². The van der Waals surface area contributed by atoms with E-state index in [9.17, 15) is 102 Å². The van der Waals surface area contributed by atoms with Crippen molar-refractivity contribution in [1.82, 2.24) is 0 Å². The molecule has 388 valence electrons. The van der Waals surface area contributed by atoms with E-state index in [4.69, 9.17) is 47.4 Å². The van der Waals surface area contributed by atoms with E-state index >= 15 is 0 Å². The molecule has 30 nitrogen and oxygen atoms in total. The largest absolute Gasteiger partial charge is 0.394 e. The number of aliphatic hydroxyl groups excluding tert-OH is 20. The summed E-state index contributed by atoms with van der Waals surface area (Å²) in [6.07, 6.45) is -54.1. The summed E-state index contributed by atoms with van der Waals surface area (Å²) in [5.74, 6) is 0. The number of hydrogen-bond donors (Lipinski definition) is 20. The maximum absolute atomic E-state index is 11.5. The van der Waals surface area contributed by atoms with Gasteiger partial charge >= 0.3 is 0 Å². The van der Waals surface area contributed by atoms with Crippen molar-refractivity contribution in [3.8, 4) is 0 Å². The standard InChI is InChI=1S/C36H64O30/c37-2-9(44)1-11(10(45)3-38)57-33-24(53)28(18(47)13(5-40)59-33)64-35-26(55)30(20(49)15(7-42)61-35)66-36-27(56)31(21(50)16(8-43)62-36)65-34-25(54)29(19(48)14(6-41)60-34)63-32-23(52)22(51)17(46)12(4-39)58-32/h9-56H,1-8H2/t9-,10+,11-,12+,13+,14+,15+,16+,17+,18+,19+,20+,21+,22-,23+,24+,25+,26+,27+,28-,29-,30-,31-,32-,33+,34-,35-,36-/m0/s1. The van der Waals surface area contributed by atoms with Crippen LogP contribution in [-0.4, -0.2) is 320 Å². The first-order valence-electron chi connectivity index (χ1n) is 21.0. The number of aliphatic hydroxyl groups is 20. The molecule has 66 heavy (non-hydrogen) atoms. The Balaban J connectivity index is 1.34. The van der Waals surface area contributed by atoms with Gasteiger partial charge in [0.05, 0.1) is 58.5 Å². The smallest absolute Gasteiger partial charge is 0.187 e. The van der Waals surface area contributed by atoms with Gasteiger partial charge in [-0.3, -0.25) is 0 Å². The molecule has 5 aliphatic heterocycles. The average Bonchev–Trinajstić information content (AvgIpc) is 3.31. The van der Waals surface area contributed by atoms with Crippen molar-refractivity contribution < 1.29 is 149 Å². The van der Waals surface area contributed by atoms with E-state index in [1.54, 1.807) is 0 Å². The third-order valence-corrected chi connectivity index (χ3v) is 11.9. The van der Waals surface area contributed by atoms with Crippen LogP contribution in [0.15, 0.2) is 0 Å². The Morgan fingerprint density at radius 2 is 0.621 bits per heavy atom. The highest BCUT2D eigenvalue weighted by molar-refractivity contribution is 4.99. The molecule has 0 unspecified atom stereocenters. The van der Waals surface area contributed by atoms with Crippen LogP contribution < -0.4 is 0 Å². The molecule has 0 aromatic rings. The van der Waals surface area contributed by atoms with Crippen LogP contribution in [0.3, 0.4) is 0 Å². The van der Waals surface area contributed by atoms with Crippen molar-refractivity contribution in [3.63, 3.8) is 0 Å². The van der Waals surface area contributed by atoms with Gasteiger partial charge in [-0.15, -0.1) is 0 Å². The fraction of sp³-hybridized carbons (Fsp3) is 1.00. The van der Waals surface area contributed by atoms with Gasteiger partial charge in [0.25, 0.3) is 0 Å². The van der Waals surface area contributed by atoms with Gasteiger partial charge in [-0.1, -0.05) is 0 Å². The fourth-order valence-electron chi connectivity index (χ4n) is 8.04. The molecule has 0 aromatic heterocycles. The van der Waals surface area contributed by atoms with E-state index in [2.05, 4.69) is 0 Å². The SMILES string of the molecule is OC[C@@H](O)C[C@H](O[C@@H]1O[C@H](CO)[C@@H](O)[C@H](O[C@@H]2O[C@H](CO)[C@@H](O)[C@H](O[C@@H]3O[C@H](CO)[C@@H](O)[C@H](O[C@@H]4O[C@H](CO)[C@@H](O)[C@H](O[C@@H]5O[C@H](CO)[C@@H](O)[C@H](O)[C@H]5O)[C@H]4O)[C@H]3O)[C@H]2O)[C@H]1O)[C@H](O)CO. The van der Waals surface area contributed by atoms with E-state index in [1.165, 1.54) is 0 Å². The van der Waals surface area contributed by atoms with Crippen LogP contribution in [0.5, 0.6) is 0 Å². The van der Waals surface area contributed by atoms with Crippen LogP contribution in [0.1, 0.15) is 6.42 Å². The summed E-state index contributed by atoms with van der Waals surface area (Å²) >= 11 is 0. The van der Waals surface area contributed by atoms with Crippen molar-refractivity contribution in [3.05, 3.63) is 0 Å². The lowest BCUT2D eigenvalue weighted by atomic mass is 9.95. The second-order valence-electron chi connectivity index (χ2n) is 16.4. The molecule has 5 saturated heterocycles. The molecule has 0 aliphatic carbocycles. The van der Waals surface area contributed by atoms with Crippen molar-refractivity contribution >= 4 is 0 Å². The maximum atomic E-state index is 11.5. The molecule has 28 atom stereocenters. The summed E-state index contributed by atoms with van der Waals surface area (Å²) in [6, 6.07) is 0. The van der Waals surface area contributed by atoms with Crippen molar-refractivity contribution in [2.24, 2.45) is 0 Å². The summed E-state index contributed by atoms with van der Waals surface area (Å²) in [5.41, 5.74) is 0. The van der Waals surface area contributed by atoms with E-state index in [1.807, 2.05) is 0 Å². The average molecular weight is 977 g/mol. The van der Waals surface area contributed by atoms with Crippen molar-refractivity contribution in [2.75, 3.05) is 46.2 Å². The van der Waals surface area contributed by atoms with E-state index in [-0.39, 0.29) is 0 Å². The Morgan fingerprint density at radius 3 is 0.924 bits per heavy atom. The Morgan fingerprint density at radius 1 is 0.333 bits per heavy atom. The molecule has 5 rings (SSSR count). The summed E-state index contributed by atoms with van der Waals surface area (Å²) in [7, 11) is 0. The highest BCUT2D eigenvalue weighted by Gasteiger charge is 2.57. The Labute approximate surface area is 374 Å². The number of hydrogen-bond acceptors (Lipinski definition) is 30. The fourth-order valence-corrected chi connectivity index (χ4v) is 8.04. The van der Waals surface area contributed by atoms with Gasteiger partial charge < -0.3 is 149 Å². The van der Waals surface area contributed by atoms with Crippen LogP contribution in [-0.2, 0) is 47.4 Å². The molecule has 20 N–H and O–H groups in total. The first-order chi connectivity index (χ1) is 31.3. The van der Waals surface area contributed by atoms with Crippen LogP contribution >= 0.6 is 0 Å². The molecule has 5 fully saturated rings. The summed E-state index contributed by atoms with van der Waals surface area (Å²) in [4.78, 5) is 0. The predicted molar refractivity (Wildman–Crippen MR) is 200 cm³/mol. The lowest BCUT2D eigenvalue weighted by molar-refractivity contribution is -0.396. The Hall–Kier alpha value is -1.20. The van der Waals surface area contributed by atoms with Gasteiger partial charge in [-0.05, 0) is 0 Å². The van der Waals surface area contributed by atoms with Gasteiger partial charge in [0, 0.05) is 6.42 Å². The van der Waals surface area contributed by atoms with Gasteiger partial charge in [0.1, 0.15) is 128 Å². The van der Waals surface area contributed by atoms with Crippen molar-refractivity contribution in [2.45, 2.75) is 178 Å². The number of rotatable bonds is 20. The number of ether oxygens (including phenoxy) is 10. The quantitative estimate of drug-likeness (QED) is 0.0538. The topological polar surface area (TPSA) is 497 Å². The second-order valence-corrected chi connectivity index (χ2v) is 16.4. The third kappa shape index (κ3) is 12.1. The second kappa shape index (κ2) is 24.8. The summed E-state index contributed by atoms with van der Waals surface area (Å²) in [6.45, 7) is -6.59. The zero-order valence-corrected chi connectivity index (χ0v) is 34.8. The van der Waals surface area contributed by atoms with E-state index in [0.29, 0.717) is 0 Å². The molecule has 5 heterocycles. The van der Waals surface area contributed by atoms with Crippen LogP contribution in [0.2, 0.25) is 0 Å². The molecular weight excluding hydrogens is 912 g/mol. The van der Waals surface area contributed by atoms with Crippen LogP contribution in [0.4, 0.5) is 0 Å². The maximum Gasteiger partial charge on any atom is 0.187 e. The Kier molecular flexibility index (Phi) is 20.9. The van der Waals surface area contributed by atoms with Gasteiger partial charge in [-0.25, -0.2) is 0 Å². The summed E-state index contributed by atoms with van der Waals surface area (Å²) < 4.78 is 55.6. The highest BCUT2D eigenvalue weighted by atomic mass is 16.8. The lowest BCUT2D eigenvalue weighted by Gasteiger charge is -2.49. The summed E-state index contributed by atoms with van der Waals surface area (Å²) in [5, 5.41) is 209. The third-order valence-electron chi connectivity index (χ3n) is 11.9. The molecule has 5 aliphatic rings. The minimum absolute atomic E-state index is 0.515. The zero-order valence-electron chi connectivity index (χ0n) is 34.8. The van der Waals surface area contributed by atoms with E-state index < -0.39 is 225 Å². The van der Waals surface area contributed by atoms with Gasteiger partial charge in [0.15, 0.2) is 31.5 Å². The van der Waals surface area contributed by atoms with Crippen molar-refractivity contribution in [1.29, 1.82) is 0 Å². The predicted octanol–water partition coefficient (Wildman–Crippen LogP) is -13.4. The minimum atomic E-state index is -2.24. The Bertz CT molecular complexity index is 1420. The monoisotopic (exact) mass is 976 g/mol. The normalized spacial score (nSPS) is 48.5. The molecular formula is C36H64O30. The van der Waals surface area contributed by atoms with Crippen LogP contribution in [0.25, 0.3) is 0 Å². The molecule has 0 spiro atoms. The highest BCUT2D eigenvalue weighted by Crippen LogP contribution is 2.36. The van der Waals surface area contributed by atoms with E-state index in [0.717, 1.165) is 0 Å². The lowest BCUT2D eigenvalue weighted by Crippen LogP contribution is -2.68. The molecule has 0 aromatic carbocycles. The molecule has 0 radical (unpaired) electrons. The molecule has 30 heteroatoms. The van der Waals surface area contributed by atoms with Crippen LogP contribution in [0, 0.1) is 0 Å². The molecule has 0 saturated carbocycles. The molecule has 0 amide bonds. The zero-order chi connectivity index (χ0) is 48.9. The first-order valence-corrected chi connectivity index (χ1v) is 21.0. The van der Waals surface area contributed by atoms with Gasteiger partial charge in [0.2, 0.25) is 0 Å². The first kappa shape index (κ1) is 55.7. The molecule has 0 bridgehead atoms. The minimum Gasteiger partial charge on any atom is -0.394 e.